The monoisotopic (exact) mass is 278 g/mol. The van der Waals surface area contributed by atoms with Crippen molar-refractivity contribution < 1.29 is 14.6 Å². The Hall–Kier alpha value is -2.27. The van der Waals surface area contributed by atoms with Crippen LogP contribution in [-0.4, -0.2) is 16.1 Å². The molecule has 0 saturated carbocycles. The summed E-state index contributed by atoms with van der Waals surface area (Å²) < 4.78 is 5.52. The summed E-state index contributed by atoms with van der Waals surface area (Å²) in [4.78, 5) is 14.9. The number of hydrogen-bond donors (Lipinski definition) is 2. The van der Waals surface area contributed by atoms with Crippen molar-refractivity contribution in [3.8, 4) is 11.6 Å². The van der Waals surface area contributed by atoms with Gasteiger partial charge < -0.3 is 15.6 Å². The van der Waals surface area contributed by atoms with Gasteiger partial charge in [-0.2, -0.15) is 0 Å². The first-order valence-corrected chi connectivity index (χ1v) is 5.78. The van der Waals surface area contributed by atoms with Crippen molar-refractivity contribution >= 4 is 23.3 Å². The van der Waals surface area contributed by atoms with E-state index in [0.717, 1.165) is 5.56 Å². The van der Waals surface area contributed by atoms with Crippen LogP contribution in [0.1, 0.15) is 15.9 Å². The van der Waals surface area contributed by atoms with Crippen molar-refractivity contribution in [3.05, 3.63) is 46.6 Å². The van der Waals surface area contributed by atoms with E-state index in [2.05, 4.69) is 4.98 Å². The molecule has 1 aromatic carbocycles. The largest absolute Gasteiger partial charge is 0.478 e. The van der Waals surface area contributed by atoms with Crippen molar-refractivity contribution in [1.82, 2.24) is 4.98 Å². The van der Waals surface area contributed by atoms with Gasteiger partial charge in [-0.1, -0.05) is 11.6 Å². The van der Waals surface area contributed by atoms with E-state index < -0.39 is 5.97 Å². The number of halogens is 1. The normalized spacial score (nSPS) is 10.2. The van der Waals surface area contributed by atoms with Gasteiger partial charge in [-0.25, -0.2) is 9.78 Å². The summed E-state index contributed by atoms with van der Waals surface area (Å²) in [5.74, 6) is -0.410. The van der Waals surface area contributed by atoms with Crippen LogP contribution in [0.5, 0.6) is 11.6 Å². The molecule has 0 amide bonds. The summed E-state index contributed by atoms with van der Waals surface area (Å²) in [5.41, 5.74) is 6.39. The maximum absolute atomic E-state index is 11.0. The van der Waals surface area contributed by atoms with Gasteiger partial charge in [0.1, 0.15) is 5.75 Å². The minimum Gasteiger partial charge on any atom is -0.478 e. The van der Waals surface area contributed by atoms with Crippen LogP contribution >= 0.6 is 11.6 Å². The third-order valence-corrected chi connectivity index (χ3v) is 2.73. The summed E-state index contributed by atoms with van der Waals surface area (Å²) in [6.07, 6.45) is 1.25. The predicted octanol–water partition coefficient (Wildman–Crippen LogP) is 3.12. The summed E-state index contributed by atoms with van der Waals surface area (Å²) in [6.45, 7) is 1.83. The maximum atomic E-state index is 11.0. The molecule has 1 heterocycles. The Labute approximate surface area is 114 Å². The zero-order valence-corrected chi connectivity index (χ0v) is 10.8. The van der Waals surface area contributed by atoms with E-state index in [9.17, 15) is 4.79 Å². The molecule has 1 aromatic heterocycles. The van der Waals surface area contributed by atoms with Crippen LogP contribution in [0, 0.1) is 6.92 Å². The zero-order valence-electron chi connectivity index (χ0n) is 10.1. The second kappa shape index (κ2) is 5.16. The average molecular weight is 279 g/mol. The quantitative estimate of drug-likeness (QED) is 0.901. The highest BCUT2D eigenvalue weighted by Gasteiger charge is 2.11. The van der Waals surface area contributed by atoms with E-state index in [4.69, 9.17) is 27.2 Å². The SMILES string of the molecule is Cc1cc(Cl)ccc1Oc1cc(C(=O)O)c(N)cn1. The molecule has 6 heteroatoms. The Kier molecular flexibility index (Phi) is 3.57. The Balaban J connectivity index is 2.33. The Morgan fingerprint density at radius 1 is 1.42 bits per heavy atom. The molecule has 5 nitrogen and oxygen atoms in total. The topological polar surface area (TPSA) is 85.4 Å². The maximum Gasteiger partial charge on any atom is 0.338 e. The third-order valence-electron chi connectivity index (χ3n) is 2.49. The van der Waals surface area contributed by atoms with Crippen molar-refractivity contribution in [3.63, 3.8) is 0 Å². The van der Waals surface area contributed by atoms with Gasteiger partial charge in [0.2, 0.25) is 5.88 Å². The Morgan fingerprint density at radius 2 is 2.16 bits per heavy atom. The first kappa shape index (κ1) is 13.2. The lowest BCUT2D eigenvalue weighted by Crippen LogP contribution is -2.04. The van der Waals surface area contributed by atoms with Crippen molar-refractivity contribution in [1.29, 1.82) is 0 Å². The van der Waals surface area contributed by atoms with Crippen molar-refractivity contribution in [2.24, 2.45) is 0 Å². The van der Waals surface area contributed by atoms with E-state index in [1.54, 1.807) is 18.2 Å². The highest BCUT2D eigenvalue weighted by molar-refractivity contribution is 6.30. The first-order valence-electron chi connectivity index (χ1n) is 5.40. The number of nitrogens with two attached hydrogens (primary N) is 1. The lowest BCUT2D eigenvalue weighted by atomic mass is 10.2. The number of aromatic carboxylic acids is 1. The number of benzene rings is 1. The van der Waals surface area contributed by atoms with E-state index in [-0.39, 0.29) is 17.1 Å². The van der Waals surface area contributed by atoms with Crippen molar-refractivity contribution in [2.75, 3.05) is 5.73 Å². The van der Waals surface area contributed by atoms with E-state index in [0.29, 0.717) is 10.8 Å². The molecule has 19 heavy (non-hydrogen) atoms. The van der Waals surface area contributed by atoms with Crippen LogP contribution in [0.3, 0.4) is 0 Å². The average Bonchev–Trinajstić information content (AvgIpc) is 2.34. The number of aromatic nitrogens is 1. The minimum absolute atomic E-state index is 0.0448. The molecule has 0 fully saturated rings. The van der Waals surface area contributed by atoms with Gasteiger partial charge in [0.15, 0.2) is 0 Å². The van der Waals surface area contributed by atoms with Gasteiger partial charge in [0.05, 0.1) is 17.4 Å². The number of anilines is 1. The van der Waals surface area contributed by atoms with Crippen molar-refractivity contribution in [2.45, 2.75) is 6.92 Å². The molecule has 0 saturated heterocycles. The number of rotatable bonds is 3. The molecule has 2 rings (SSSR count). The van der Waals surface area contributed by atoms with Crippen LogP contribution in [0.2, 0.25) is 5.02 Å². The molecule has 98 valence electrons. The molecular weight excluding hydrogens is 268 g/mol. The molecule has 0 bridgehead atoms. The van der Waals surface area contributed by atoms with Gasteiger partial charge in [-0.3, -0.25) is 0 Å². The number of carboxylic acids is 1. The number of aryl methyl sites for hydroxylation is 1. The number of hydrogen-bond acceptors (Lipinski definition) is 4. The van der Waals surface area contributed by atoms with E-state index >= 15 is 0 Å². The highest BCUT2D eigenvalue weighted by atomic mass is 35.5. The fourth-order valence-electron chi connectivity index (χ4n) is 1.53. The summed E-state index contributed by atoms with van der Waals surface area (Å²) in [6, 6.07) is 6.40. The van der Waals surface area contributed by atoms with E-state index in [1.165, 1.54) is 12.3 Å². The molecule has 3 N–H and O–H groups in total. The van der Waals surface area contributed by atoms with Gasteiger partial charge in [0, 0.05) is 11.1 Å². The van der Waals surface area contributed by atoms with Gasteiger partial charge in [0.25, 0.3) is 0 Å². The number of nitrogens with zero attached hydrogens (tertiary/aromatic N) is 1. The molecule has 0 unspecified atom stereocenters. The van der Waals surface area contributed by atoms with Crippen LogP contribution in [0.4, 0.5) is 5.69 Å². The number of pyridine rings is 1. The summed E-state index contributed by atoms with van der Waals surface area (Å²) in [7, 11) is 0. The smallest absolute Gasteiger partial charge is 0.338 e. The fourth-order valence-corrected chi connectivity index (χ4v) is 1.75. The Morgan fingerprint density at radius 3 is 2.79 bits per heavy atom. The third kappa shape index (κ3) is 2.95. The second-order valence-electron chi connectivity index (χ2n) is 3.93. The van der Waals surface area contributed by atoms with Gasteiger partial charge >= 0.3 is 5.97 Å². The molecule has 0 aliphatic heterocycles. The van der Waals surface area contributed by atoms with Crippen LogP contribution < -0.4 is 10.5 Å². The zero-order chi connectivity index (χ0) is 14.0. The Bertz CT molecular complexity index is 644. The van der Waals surface area contributed by atoms with Gasteiger partial charge in [-0.05, 0) is 30.7 Å². The van der Waals surface area contributed by atoms with Crippen LogP contribution in [0.25, 0.3) is 0 Å². The highest BCUT2D eigenvalue weighted by Crippen LogP contribution is 2.27. The fraction of sp³-hybridized carbons (Fsp3) is 0.0769. The standard InChI is InChI=1S/C13H11ClN2O3/c1-7-4-8(14)2-3-11(7)19-12-5-9(13(17)18)10(15)6-16-12/h2-6H,15H2,1H3,(H,17,18). The number of carboxylic acid groups (broad SMARTS) is 1. The first-order chi connectivity index (χ1) is 8.97. The summed E-state index contributed by atoms with van der Waals surface area (Å²) >= 11 is 5.84. The summed E-state index contributed by atoms with van der Waals surface area (Å²) in [5, 5.41) is 9.56. The molecule has 0 aliphatic rings. The number of carbonyl (C=O) groups is 1. The van der Waals surface area contributed by atoms with E-state index in [1.807, 2.05) is 6.92 Å². The molecule has 0 radical (unpaired) electrons. The molecule has 0 aliphatic carbocycles. The molecular formula is C13H11ClN2O3. The van der Waals surface area contributed by atoms with Gasteiger partial charge in [-0.15, -0.1) is 0 Å². The minimum atomic E-state index is -1.13. The number of ether oxygens (including phenoxy) is 1. The molecule has 0 atom stereocenters. The second-order valence-corrected chi connectivity index (χ2v) is 4.36. The predicted molar refractivity (Wildman–Crippen MR) is 71.9 cm³/mol. The van der Waals surface area contributed by atoms with Crippen LogP contribution in [0.15, 0.2) is 30.5 Å². The molecule has 2 aromatic rings. The lowest BCUT2D eigenvalue weighted by Gasteiger charge is -2.09. The number of nitrogen functional groups attached to an aromatic ring is 1. The molecule has 0 spiro atoms. The van der Waals surface area contributed by atoms with Crippen LogP contribution in [-0.2, 0) is 0 Å². The lowest BCUT2D eigenvalue weighted by molar-refractivity contribution is 0.0697.